The van der Waals surface area contributed by atoms with Crippen LogP contribution in [0.5, 0.6) is 0 Å². The Kier molecular flexibility index (Phi) is 2.67. The minimum absolute atomic E-state index is 0.622. The molecule has 4 rings (SSSR count). The fourth-order valence-corrected chi connectivity index (χ4v) is 3.13. The Labute approximate surface area is 138 Å². The van der Waals surface area contributed by atoms with E-state index in [4.69, 9.17) is 7.16 Å². The van der Waals surface area contributed by atoms with Gasteiger partial charge in [0.1, 0.15) is 12.6 Å². The van der Waals surface area contributed by atoms with Crippen molar-refractivity contribution >= 4 is 22.1 Å². The first-order valence-corrected chi connectivity index (χ1v) is 7.63. The van der Waals surface area contributed by atoms with Crippen LogP contribution >= 0.6 is 0 Å². The van der Waals surface area contributed by atoms with Crippen LogP contribution in [0.15, 0.2) is 53.2 Å². The number of nitrogens with zero attached hydrogens (tertiary/aromatic N) is 2. The standard InChI is InChI=1S/C20H19N2O/c1-4-14-9-10-16(22(3)12-14)18-13(2)11-21-20-19(18)15-7-5-6-8-17(15)23-20/h5-12H,4H2,1-3H3/q+1/i4D2. The molecule has 0 N–H and O–H groups in total. The molecule has 0 saturated heterocycles. The molecule has 3 nitrogen and oxygen atoms in total. The molecule has 0 unspecified atom stereocenters. The molecular weight excluding hydrogens is 284 g/mol. The zero-order valence-corrected chi connectivity index (χ0v) is 13.4. The van der Waals surface area contributed by atoms with Crippen LogP contribution < -0.4 is 4.57 Å². The van der Waals surface area contributed by atoms with Gasteiger partial charge in [-0.2, -0.15) is 0 Å². The third-order valence-electron chi connectivity index (χ3n) is 4.27. The lowest BCUT2D eigenvalue weighted by atomic mass is 10.0. The topological polar surface area (TPSA) is 29.9 Å². The van der Waals surface area contributed by atoms with E-state index in [0.29, 0.717) is 11.3 Å². The number of pyridine rings is 2. The summed E-state index contributed by atoms with van der Waals surface area (Å²) >= 11 is 0. The molecule has 114 valence electrons. The van der Waals surface area contributed by atoms with Crippen LogP contribution in [0.2, 0.25) is 0 Å². The molecule has 0 aliphatic heterocycles. The highest BCUT2D eigenvalue weighted by Gasteiger charge is 2.21. The van der Waals surface area contributed by atoms with Crippen LogP contribution in [0.3, 0.4) is 0 Å². The summed E-state index contributed by atoms with van der Waals surface area (Å²) in [6.45, 7) is 3.61. The van der Waals surface area contributed by atoms with E-state index in [2.05, 4.69) is 4.98 Å². The first-order valence-electron chi connectivity index (χ1n) is 8.63. The number of furan rings is 1. The number of aromatic nitrogens is 2. The van der Waals surface area contributed by atoms with Crippen molar-refractivity contribution in [3.8, 4) is 11.3 Å². The molecule has 0 aliphatic rings. The van der Waals surface area contributed by atoms with Gasteiger partial charge in [-0.1, -0.05) is 25.1 Å². The lowest BCUT2D eigenvalue weighted by molar-refractivity contribution is -0.660. The molecule has 3 heterocycles. The van der Waals surface area contributed by atoms with Crippen molar-refractivity contribution in [3.05, 3.63) is 59.9 Å². The number of hydrogen-bond acceptors (Lipinski definition) is 2. The molecule has 1 aromatic carbocycles. The Hall–Kier alpha value is -2.68. The highest BCUT2D eigenvalue weighted by atomic mass is 16.3. The minimum Gasteiger partial charge on any atom is -0.438 e. The second kappa shape index (κ2) is 5.20. The SMILES string of the molecule is [2H]C([2H])(C)c1ccc(-c2c(C)cnc3oc4ccccc4c23)[n+](C)c1. The number of benzene rings is 1. The second-order valence-corrected chi connectivity index (χ2v) is 5.76. The molecule has 0 fully saturated rings. The predicted octanol–water partition coefficient (Wildman–Crippen LogP) is 4.34. The average Bonchev–Trinajstić information content (AvgIpc) is 2.93. The van der Waals surface area contributed by atoms with E-state index in [1.165, 1.54) is 0 Å². The Bertz CT molecular complexity index is 1110. The maximum atomic E-state index is 7.93. The second-order valence-electron chi connectivity index (χ2n) is 5.76. The molecule has 3 heteroatoms. The maximum Gasteiger partial charge on any atom is 0.228 e. The van der Waals surface area contributed by atoms with Crippen molar-refractivity contribution in [2.75, 3.05) is 0 Å². The summed E-state index contributed by atoms with van der Waals surface area (Å²) in [6.07, 6.45) is 2.30. The van der Waals surface area contributed by atoms with E-state index in [-0.39, 0.29) is 0 Å². The molecule has 0 aliphatic carbocycles. The van der Waals surface area contributed by atoms with Gasteiger partial charge in [0.25, 0.3) is 0 Å². The summed E-state index contributed by atoms with van der Waals surface area (Å²) in [5, 5.41) is 2.04. The maximum absolute atomic E-state index is 7.93. The molecule has 0 saturated carbocycles. The third-order valence-corrected chi connectivity index (χ3v) is 4.27. The number of fused-ring (bicyclic) bond motifs is 3. The van der Waals surface area contributed by atoms with Crippen molar-refractivity contribution in [2.45, 2.75) is 20.2 Å². The normalized spacial score (nSPS) is 13.3. The van der Waals surface area contributed by atoms with Crippen LogP contribution in [-0.4, -0.2) is 4.98 Å². The largest absolute Gasteiger partial charge is 0.438 e. The predicted molar refractivity (Wildman–Crippen MR) is 92.2 cm³/mol. The number of rotatable bonds is 2. The van der Waals surface area contributed by atoms with E-state index < -0.39 is 6.37 Å². The molecule has 0 atom stereocenters. The molecule has 4 aromatic rings. The van der Waals surface area contributed by atoms with Crippen LogP contribution in [0, 0.1) is 6.92 Å². The fourth-order valence-electron chi connectivity index (χ4n) is 3.13. The highest BCUT2D eigenvalue weighted by molar-refractivity contribution is 6.11. The van der Waals surface area contributed by atoms with Crippen LogP contribution in [0.1, 0.15) is 20.8 Å². The fraction of sp³-hybridized carbons (Fsp3) is 0.200. The van der Waals surface area contributed by atoms with Crippen LogP contribution in [0.25, 0.3) is 33.3 Å². The van der Waals surface area contributed by atoms with Gasteiger partial charge < -0.3 is 4.42 Å². The Morgan fingerprint density at radius 3 is 2.83 bits per heavy atom. The third kappa shape index (κ3) is 2.12. The van der Waals surface area contributed by atoms with Gasteiger partial charge in [-0.05, 0) is 31.0 Å². The van der Waals surface area contributed by atoms with Crippen LogP contribution in [0.4, 0.5) is 0 Å². The summed E-state index contributed by atoms with van der Waals surface area (Å²) < 4.78 is 23.7. The van der Waals surface area contributed by atoms with E-state index in [1.807, 2.05) is 67.3 Å². The highest BCUT2D eigenvalue weighted by Crippen LogP contribution is 2.36. The van der Waals surface area contributed by atoms with E-state index in [0.717, 1.165) is 33.2 Å². The van der Waals surface area contributed by atoms with E-state index >= 15 is 0 Å². The molecule has 23 heavy (non-hydrogen) atoms. The summed E-state index contributed by atoms with van der Waals surface area (Å²) in [7, 11) is 1.94. The van der Waals surface area contributed by atoms with Gasteiger partial charge >= 0.3 is 0 Å². The van der Waals surface area contributed by atoms with Gasteiger partial charge in [0.2, 0.25) is 11.4 Å². The first kappa shape index (κ1) is 11.8. The summed E-state index contributed by atoms with van der Waals surface area (Å²) in [4.78, 5) is 4.45. The van der Waals surface area contributed by atoms with Crippen molar-refractivity contribution in [2.24, 2.45) is 7.05 Å². The molecular formula is C20H19N2O+. The monoisotopic (exact) mass is 305 g/mol. The van der Waals surface area contributed by atoms with Crippen molar-refractivity contribution < 1.29 is 11.7 Å². The lowest BCUT2D eigenvalue weighted by Gasteiger charge is -2.06. The first-order chi connectivity index (χ1) is 11.9. The van der Waals surface area contributed by atoms with Gasteiger partial charge in [-0.3, -0.25) is 0 Å². The Morgan fingerprint density at radius 1 is 1.22 bits per heavy atom. The summed E-state index contributed by atoms with van der Waals surface area (Å²) in [6, 6.07) is 11.8. The van der Waals surface area contributed by atoms with Gasteiger partial charge in [0.15, 0.2) is 6.20 Å². The smallest absolute Gasteiger partial charge is 0.228 e. The number of para-hydroxylation sites is 1. The van der Waals surface area contributed by atoms with Crippen molar-refractivity contribution in [3.63, 3.8) is 0 Å². The average molecular weight is 305 g/mol. The summed E-state index contributed by atoms with van der Waals surface area (Å²) in [5.41, 5.74) is 5.23. The zero-order chi connectivity index (χ0) is 17.8. The van der Waals surface area contributed by atoms with Crippen molar-refractivity contribution in [1.29, 1.82) is 0 Å². The number of hydrogen-bond donors (Lipinski definition) is 0. The Morgan fingerprint density at radius 2 is 2.04 bits per heavy atom. The Balaban J connectivity index is 2.06. The van der Waals surface area contributed by atoms with E-state index in [9.17, 15) is 0 Å². The quantitative estimate of drug-likeness (QED) is 0.516. The van der Waals surface area contributed by atoms with Crippen molar-refractivity contribution in [1.82, 2.24) is 4.98 Å². The zero-order valence-electron chi connectivity index (χ0n) is 15.4. The van der Waals surface area contributed by atoms with Crippen LogP contribution in [-0.2, 0) is 13.4 Å². The molecule has 0 radical (unpaired) electrons. The molecule has 0 amide bonds. The van der Waals surface area contributed by atoms with Gasteiger partial charge in [0, 0.05) is 26.0 Å². The summed E-state index contributed by atoms with van der Waals surface area (Å²) in [5.74, 6) is 0. The lowest BCUT2D eigenvalue weighted by Crippen LogP contribution is -2.31. The van der Waals surface area contributed by atoms with E-state index in [1.54, 1.807) is 6.92 Å². The van der Waals surface area contributed by atoms with Gasteiger partial charge in [-0.15, -0.1) is 0 Å². The number of aryl methyl sites for hydroxylation is 3. The molecule has 0 bridgehead atoms. The molecule has 3 aromatic heterocycles. The van der Waals surface area contributed by atoms with Gasteiger partial charge in [-0.25, -0.2) is 9.55 Å². The molecule has 0 spiro atoms. The minimum atomic E-state index is -1.37. The van der Waals surface area contributed by atoms with Gasteiger partial charge in [0.05, 0.1) is 10.9 Å².